The van der Waals surface area contributed by atoms with Crippen molar-refractivity contribution in [2.75, 3.05) is 6.61 Å². The number of hydrogen-bond donors (Lipinski definition) is 5. The van der Waals surface area contributed by atoms with E-state index in [9.17, 15) is 30.3 Å². The van der Waals surface area contributed by atoms with Gasteiger partial charge in [0.15, 0.2) is 0 Å². The van der Waals surface area contributed by atoms with Crippen molar-refractivity contribution in [2.24, 2.45) is 0 Å². The molecule has 7 nitrogen and oxygen atoms in total. The molecule has 7 heteroatoms. The van der Waals surface area contributed by atoms with Gasteiger partial charge < -0.3 is 30.3 Å². The second-order valence-electron chi connectivity index (χ2n) is 8.46. The smallest absolute Gasteiger partial charge is 0.202 e. The number of rotatable bonds is 16. The Morgan fingerprint density at radius 2 is 1.31 bits per heavy atom. The van der Waals surface area contributed by atoms with Gasteiger partial charge >= 0.3 is 0 Å². The minimum absolute atomic E-state index is 0.262. The van der Waals surface area contributed by atoms with Crippen molar-refractivity contribution in [3.8, 4) is 0 Å². The van der Waals surface area contributed by atoms with Crippen molar-refractivity contribution in [2.45, 2.75) is 127 Å². The number of Topliss-reactive ketones (excluding diaryl/α,β-unsaturated/α-hetero) is 1. The van der Waals surface area contributed by atoms with Crippen LogP contribution in [-0.4, -0.2) is 68.1 Å². The maximum absolute atomic E-state index is 12.2. The largest absolute Gasteiger partial charge is 0.394 e. The van der Waals surface area contributed by atoms with Crippen molar-refractivity contribution in [1.82, 2.24) is 0 Å². The van der Waals surface area contributed by atoms with Crippen LogP contribution in [0.3, 0.4) is 0 Å². The number of carbonyl (C=O) groups excluding carboxylic acids is 1. The summed E-state index contributed by atoms with van der Waals surface area (Å²) in [6.45, 7) is 1.59. The van der Waals surface area contributed by atoms with E-state index in [1.165, 1.54) is 51.4 Å². The van der Waals surface area contributed by atoms with Crippen LogP contribution in [0.4, 0.5) is 0 Å². The quantitative estimate of drug-likeness (QED) is 0.243. The van der Waals surface area contributed by atoms with Crippen LogP contribution >= 0.6 is 0 Å². The monoisotopic (exact) mass is 418 g/mol. The lowest BCUT2D eigenvalue weighted by atomic mass is 9.89. The predicted octanol–water partition coefficient (Wildman–Crippen LogP) is 2.20. The van der Waals surface area contributed by atoms with E-state index in [0.29, 0.717) is 6.42 Å². The summed E-state index contributed by atoms with van der Waals surface area (Å²) in [5.74, 6) is -2.57. The van der Waals surface area contributed by atoms with Crippen molar-refractivity contribution in [3.63, 3.8) is 0 Å². The van der Waals surface area contributed by atoms with Crippen LogP contribution < -0.4 is 0 Å². The molecule has 0 bridgehead atoms. The van der Waals surface area contributed by atoms with Crippen LogP contribution in [-0.2, 0) is 9.53 Å². The fourth-order valence-electron chi connectivity index (χ4n) is 3.90. The molecule has 1 rings (SSSR count). The van der Waals surface area contributed by atoms with Crippen molar-refractivity contribution >= 4 is 5.78 Å². The highest BCUT2D eigenvalue weighted by molar-refractivity contribution is 5.79. The maximum atomic E-state index is 12.2. The van der Waals surface area contributed by atoms with Gasteiger partial charge in [0, 0.05) is 6.42 Å². The number of ether oxygens (including phenoxy) is 1. The van der Waals surface area contributed by atoms with E-state index < -0.39 is 43.2 Å². The molecule has 1 saturated heterocycles. The lowest BCUT2D eigenvalue weighted by Gasteiger charge is -2.45. The Labute approximate surface area is 175 Å². The Morgan fingerprint density at radius 1 is 0.828 bits per heavy atom. The Morgan fingerprint density at radius 3 is 1.79 bits per heavy atom. The van der Waals surface area contributed by atoms with E-state index in [1.54, 1.807) is 0 Å². The molecular formula is C22H42O7. The van der Waals surface area contributed by atoms with Gasteiger partial charge in [-0.15, -0.1) is 0 Å². The van der Waals surface area contributed by atoms with E-state index in [0.717, 1.165) is 19.3 Å². The van der Waals surface area contributed by atoms with Crippen molar-refractivity contribution in [3.05, 3.63) is 0 Å². The summed E-state index contributed by atoms with van der Waals surface area (Å²) in [5, 5.41) is 49.1. The van der Waals surface area contributed by atoms with Crippen LogP contribution in [0.5, 0.6) is 0 Å². The van der Waals surface area contributed by atoms with Gasteiger partial charge in [-0.3, -0.25) is 4.79 Å². The van der Waals surface area contributed by atoms with Crippen LogP contribution in [0.2, 0.25) is 0 Å². The summed E-state index contributed by atoms with van der Waals surface area (Å²) in [6, 6.07) is 0. The molecule has 1 fully saturated rings. The number of aliphatic hydroxyl groups excluding tert-OH is 4. The minimum Gasteiger partial charge on any atom is -0.394 e. The first kappa shape index (κ1) is 26.5. The highest BCUT2D eigenvalue weighted by atomic mass is 16.7. The zero-order valence-electron chi connectivity index (χ0n) is 18.0. The molecule has 0 spiro atoms. The average molecular weight is 419 g/mol. The SMILES string of the molecule is CCCCCCCCCCCCCCC(=O)C[C@@]1(O)O[C@H](CO)[C@@H](O)[C@H](O)[C@@H]1O. The number of carbonyl (C=O) groups is 1. The van der Waals surface area contributed by atoms with Gasteiger partial charge in [0.05, 0.1) is 13.0 Å². The molecule has 0 aromatic carbocycles. The summed E-state index contributed by atoms with van der Waals surface area (Å²) in [4.78, 5) is 12.2. The minimum atomic E-state index is -2.29. The van der Waals surface area contributed by atoms with Gasteiger partial charge in [-0.05, 0) is 6.42 Å². The molecule has 0 aliphatic carbocycles. The summed E-state index contributed by atoms with van der Waals surface area (Å²) in [6.07, 6.45) is 7.82. The first-order chi connectivity index (χ1) is 13.9. The fourth-order valence-corrected chi connectivity index (χ4v) is 3.90. The topological polar surface area (TPSA) is 127 Å². The normalized spacial score (nSPS) is 29.9. The van der Waals surface area contributed by atoms with Crippen LogP contribution in [0.1, 0.15) is 96.8 Å². The van der Waals surface area contributed by atoms with Crippen LogP contribution in [0.15, 0.2) is 0 Å². The summed E-state index contributed by atoms with van der Waals surface area (Å²) >= 11 is 0. The van der Waals surface area contributed by atoms with Crippen molar-refractivity contribution in [1.29, 1.82) is 0 Å². The first-order valence-electron chi connectivity index (χ1n) is 11.4. The molecule has 0 radical (unpaired) electrons. The Bertz CT molecular complexity index is 443. The first-order valence-corrected chi connectivity index (χ1v) is 11.4. The van der Waals surface area contributed by atoms with Gasteiger partial charge in [0.1, 0.15) is 30.2 Å². The Balaban J connectivity index is 2.13. The zero-order valence-corrected chi connectivity index (χ0v) is 18.0. The predicted molar refractivity (Wildman–Crippen MR) is 110 cm³/mol. The zero-order chi connectivity index (χ0) is 21.7. The van der Waals surface area contributed by atoms with E-state index in [4.69, 9.17) is 4.74 Å². The molecule has 1 aliphatic heterocycles. The third-order valence-electron chi connectivity index (χ3n) is 5.81. The van der Waals surface area contributed by atoms with Gasteiger partial charge in [0.2, 0.25) is 5.79 Å². The lowest BCUT2D eigenvalue weighted by molar-refractivity contribution is -0.347. The third kappa shape index (κ3) is 9.40. The molecule has 0 aromatic heterocycles. The summed E-state index contributed by atoms with van der Waals surface area (Å²) < 4.78 is 5.13. The second kappa shape index (κ2) is 14.4. The molecule has 1 aliphatic rings. The number of ketones is 1. The molecule has 0 amide bonds. The van der Waals surface area contributed by atoms with Gasteiger partial charge in [-0.1, -0.05) is 77.6 Å². The number of aliphatic hydroxyl groups is 5. The fraction of sp³-hybridized carbons (Fsp3) is 0.955. The molecular weight excluding hydrogens is 376 g/mol. The lowest BCUT2D eigenvalue weighted by Crippen LogP contribution is -2.65. The van der Waals surface area contributed by atoms with E-state index >= 15 is 0 Å². The van der Waals surface area contributed by atoms with E-state index in [1.807, 2.05) is 0 Å². The van der Waals surface area contributed by atoms with Gasteiger partial charge in [0.25, 0.3) is 0 Å². The maximum Gasteiger partial charge on any atom is 0.202 e. The third-order valence-corrected chi connectivity index (χ3v) is 5.81. The number of hydrogen-bond acceptors (Lipinski definition) is 7. The van der Waals surface area contributed by atoms with Gasteiger partial charge in [-0.2, -0.15) is 0 Å². The Kier molecular flexibility index (Phi) is 13.2. The summed E-state index contributed by atoms with van der Waals surface area (Å²) in [5.41, 5.74) is 0. The highest BCUT2D eigenvalue weighted by Gasteiger charge is 2.53. The molecule has 29 heavy (non-hydrogen) atoms. The number of unbranched alkanes of at least 4 members (excludes halogenated alkanes) is 11. The Hall–Kier alpha value is -0.570. The standard InChI is InChI=1S/C22H42O7/c1-2-3-4-5-6-7-8-9-10-11-12-13-14-17(24)15-22(28)21(27)20(26)19(25)18(16-23)29-22/h18-21,23,25-28H,2-16H2,1H3/t18-,19-,20+,21+,22-/m1/s1. The highest BCUT2D eigenvalue weighted by Crippen LogP contribution is 2.31. The molecule has 0 saturated carbocycles. The molecule has 172 valence electrons. The molecule has 0 aromatic rings. The van der Waals surface area contributed by atoms with Crippen LogP contribution in [0.25, 0.3) is 0 Å². The van der Waals surface area contributed by atoms with E-state index in [2.05, 4.69) is 6.92 Å². The van der Waals surface area contributed by atoms with E-state index in [-0.39, 0.29) is 12.2 Å². The molecule has 5 N–H and O–H groups in total. The summed E-state index contributed by atoms with van der Waals surface area (Å²) in [7, 11) is 0. The van der Waals surface area contributed by atoms with Crippen LogP contribution in [0, 0.1) is 0 Å². The molecule has 5 atom stereocenters. The second-order valence-corrected chi connectivity index (χ2v) is 8.46. The molecule has 0 unspecified atom stereocenters. The van der Waals surface area contributed by atoms with Gasteiger partial charge in [-0.25, -0.2) is 0 Å². The average Bonchev–Trinajstić information content (AvgIpc) is 2.70. The van der Waals surface area contributed by atoms with Crippen molar-refractivity contribution < 1.29 is 35.1 Å². The molecule has 1 heterocycles.